The van der Waals surface area contributed by atoms with Gasteiger partial charge in [-0.1, -0.05) is 12.1 Å². The highest BCUT2D eigenvalue weighted by atomic mass is 19.4. The minimum absolute atomic E-state index is 0.0571. The number of esters is 1. The van der Waals surface area contributed by atoms with Crippen molar-refractivity contribution in [1.29, 1.82) is 0 Å². The van der Waals surface area contributed by atoms with Gasteiger partial charge in [0.1, 0.15) is 5.56 Å². The number of para-hydroxylation sites is 1. The molecule has 1 aromatic heterocycles. The van der Waals surface area contributed by atoms with E-state index in [2.05, 4.69) is 10.3 Å². The number of hydrogen-bond donors (Lipinski definition) is 2. The number of benzene rings is 1. The molecule has 130 valence electrons. The van der Waals surface area contributed by atoms with Crippen LogP contribution in [0.15, 0.2) is 24.4 Å². The average Bonchev–Trinajstić information content (AvgIpc) is 2.53. The smallest absolute Gasteiger partial charge is 0.418 e. The molecule has 1 heterocycles. The molecule has 0 bridgehead atoms. The van der Waals surface area contributed by atoms with Gasteiger partial charge in [0.2, 0.25) is 0 Å². The molecule has 2 rings (SSSR count). The fraction of sp³-hybridized carbons (Fsp3) is 0.375. The Bertz CT molecular complexity index is 732. The first-order valence-electron chi connectivity index (χ1n) is 7.41. The van der Waals surface area contributed by atoms with Gasteiger partial charge < -0.3 is 15.2 Å². The molecule has 8 heteroatoms. The number of nitrogens with one attached hydrogen (secondary N) is 1. The summed E-state index contributed by atoms with van der Waals surface area (Å²) in [7, 11) is 0. The van der Waals surface area contributed by atoms with Crippen molar-refractivity contribution >= 4 is 22.6 Å². The molecule has 1 aromatic carbocycles. The summed E-state index contributed by atoms with van der Waals surface area (Å²) in [5, 5.41) is 12.0. The number of carbonyl (C=O) groups is 1. The number of fused-ring (bicyclic) bond motifs is 1. The van der Waals surface area contributed by atoms with Crippen molar-refractivity contribution in [3.05, 3.63) is 35.5 Å². The van der Waals surface area contributed by atoms with Crippen molar-refractivity contribution < 1.29 is 27.8 Å². The van der Waals surface area contributed by atoms with E-state index in [1.54, 1.807) is 6.92 Å². The van der Waals surface area contributed by atoms with Crippen LogP contribution >= 0.6 is 0 Å². The van der Waals surface area contributed by atoms with Crippen LogP contribution in [0.3, 0.4) is 0 Å². The van der Waals surface area contributed by atoms with Crippen LogP contribution in [0.25, 0.3) is 10.9 Å². The van der Waals surface area contributed by atoms with Crippen molar-refractivity contribution in [1.82, 2.24) is 4.98 Å². The number of ether oxygens (including phenoxy) is 1. The topological polar surface area (TPSA) is 71.5 Å². The highest BCUT2D eigenvalue weighted by Gasteiger charge is 2.34. The Balaban J connectivity index is 2.62. The van der Waals surface area contributed by atoms with Crippen molar-refractivity contribution in [2.24, 2.45) is 0 Å². The monoisotopic (exact) mass is 342 g/mol. The Hall–Kier alpha value is -2.35. The van der Waals surface area contributed by atoms with Crippen LogP contribution in [0.5, 0.6) is 0 Å². The maximum absolute atomic E-state index is 13.2. The number of nitrogens with zero attached hydrogens (tertiary/aromatic N) is 1. The first-order valence-corrected chi connectivity index (χ1v) is 7.41. The highest BCUT2D eigenvalue weighted by Crippen LogP contribution is 2.37. The lowest BCUT2D eigenvalue weighted by Gasteiger charge is -2.16. The number of carbonyl (C=O) groups excluding carboxylic acids is 1. The molecule has 5 nitrogen and oxygen atoms in total. The van der Waals surface area contributed by atoms with Crippen molar-refractivity contribution in [2.45, 2.75) is 19.5 Å². The van der Waals surface area contributed by atoms with E-state index in [4.69, 9.17) is 9.84 Å². The van der Waals surface area contributed by atoms with Gasteiger partial charge in [-0.25, -0.2) is 4.79 Å². The van der Waals surface area contributed by atoms with Gasteiger partial charge in [-0.15, -0.1) is 0 Å². The van der Waals surface area contributed by atoms with Crippen molar-refractivity contribution in [3.63, 3.8) is 0 Å². The second-order valence-electron chi connectivity index (χ2n) is 4.97. The Kier molecular flexibility index (Phi) is 5.61. The van der Waals surface area contributed by atoms with Crippen molar-refractivity contribution in [3.8, 4) is 0 Å². The van der Waals surface area contributed by atoms with Crippen molar-refractivity contribution in [2.75, 3.05) is 25.1 Å². The molecule has 0 radical (unpaired) electrons. The van der Waals surface area contributed by atoms with E-state index >= 15 is 0 Å². The van der Waals surface area contributed by atoms with E-state index in [1.807, 2.05) is 0 Å². The Labute approximate surface area is 136 Å². The van der Waals surface area contributed by atoms with Crippen LogP contribution in [-0.4, -0.2) is 35.8 Å². The van der Waals surface area contributed by atoms with Crippen LogP contribution in [0.4, 0.5) is 18.9 Å². The van der Waals surface area contributed by atoms with Gasteiger partial charge >= 0.3 is 12.1 Å². The number of aliphatic hydroxyl groups is 1. The van der Waals surface area contributed by atoms with E-state index in [-0.39, 0.29) is 41.9 Å². The second-order valence-corrected chi connectivity index (χ2v) is 4.97. The van der Waals surface area contributed by atoms with Crippen LogP contribution in [0, 0.1) is 0 Å². The predicted molar refractivity (Wildman–Crippen MR) is 82.9 cm³/mol. The number of rotatable bonds is 6. The number of hydrogen-bond acceptors (Lipinski definition) is 5. The number of halogens is 3. The molecule has 0 amide bonds. The lowest BCUT2D eigenvalue weighted by molar-refractivity contribution is -0.136. The summed E-state index contributed by atoms with van der Waals surface area (Å²) < 4.78 is 44.4. The molecular weight excluding hydrogens is 325 g/mol. The number of aromatic nitrogens is 1. The molecule has 0 unspecified atom stereocenters. The van der Waals surface area contributed by atoms with E-state index in [1.165, 1.54) is 12.1 Å². The fourth-order valence-electron chi connectivity index (χ4n) is 2.30. The van der Waals surface area contributed by atoms with Crippen LogP contribution in [0.1, 0.15) is 29.3 Å². The van der Waals surface area contributed by atoms with Gasteiger partial charge in [-0.05, 0) is 19.4 Å². The maximum atomic E-state index is 13.2. The number of pyridine rings is 1. The Morgan fingerprint density at radius 3 is 2.75 bits per heavy atom. The van der Waals surface area contributed by atoms with E-state index in [9.17, 15) is 18.0 Å². The second kappa shape index (κ2) is 7.48. The molecule has 2 aromatic rings. The van der Waals surface area contributed by atoms with E-state index in [0.717, 1.165) is 12.3 Å². The molecule has 2 N–H and O–H groups in total. The average molecular weight is 342 g/mol. The summed E-state index contributed by atoms with van der Waals surface area (Å²) in [6, 6.07) is 3.66. The summed E-state index contributed by atoms with van der Waals surface area (Å²) >= 11 is 0. The number of anilines is 1. The lowest BCUT2D eigenvalue weighted by atomic mass is 10.0. The molecule has 0 spiro atoms. The van der Waals surface area contributed by atoms with Gasteiger partial charge in [0.05, 0.1) is 23.4 Å². The third-order valence-corrected chi connectivity index (χ3v) is 3.33. The van der Waals surface area contributed by atoms with Gasteiger partial charge in [-0.3, -0.25) is 4.98 Å². The van der Waals surface area contributed by atoms with Gasteiger partial charge in [0.15, 0.2) is 0 Å². The molecule has 0 atom stereocenters. The predicted octanol–water partition coefficient (Wildman–Crippen LogP) is 3.22. The largest absolute Gasteiger partial charge is 0.462 e. The van der Waals surface area contributed by atoms with Crippen LogP contribution < -0.4 is 5.32 Å². The van der Waals surface area contributed by atoms with Crippen LogP contribution in [-0.2, 0) is 10.9 Å². The summed E-state index contributed by atoms with van der Waals surface area (Å²) in [5.74, 6) is -0.671. The van der Waals surface area contributed by atoms with Gasteiger partial charge in [0, 0.05) is 24.7 Å². The zero-order chi connectivity index (χ0) is 17.7. The first-order chi connectivity index (χ1) is 11.4. The highest BCUT2D eigenvalue weighted by molar-refractivity contribution is 6.05. The first kappa shape index (κ1) is 18.0. The molecule has 0 saturated heterocycles. The Morgan fingerprint density at radius 1 is 1.38 bits per heavy atom. The molecular formula is C16H17F3N2O3. The minimum atomic E-state index is -4.56. The molecule has 0 aliphatic rings. The zero-order valence-electron chi connectivity index (χ0n) is 13.0. The fourth-order valence-corrected chi connectivity index (χ4v) is 2.30. The SMILES string of the molecule is CCOC(=O)c1cnc2c(C(F)(F)F)cccc2c1NCCCO. The van der Waals surface area contributed by atoms with E-state index < -0.39 is 17.7 Å². The third-order valence-electron chi connectivity index (χ3n) is 3.33. The van der Waals surface area contributed by atoms with Gasteiger partial charge in [0.25, 0.3) is 0 Å². The molecule has 0 saturated carbocycles. The maximum Gasteiger partial charge on any atom is 0.418 e. The lowest BCUT2D eigenvalue weighted by Crippen LogP contribution is -2.14. The summed E-state index contributed by atoms with van der Waals surface area (Å²) in [6.45, 7) is 1.97. The van der Waals surface area contributed by atoms with Gasteiger partial charge in [-0.2, -0.15) is 13.2 Å². The molecule has 24 heavy (non-hydrogen) atoms. The number of alkyl halides is 3. The summed E-state index contributed by atoms with van der Waals surface area (Å²) in [5.41, 5.74) is -0.843. The van der Waals surface area contributed by atoms with E-state index in [0.29, 0.717) is 6.42 Å². The Morgan fingerprint density at radius 2 is 2.12 bits per heavy atom. The van der Waals surface area contributed by atoms with Crippen LogP contribution in [0.2, 0.25) is 0 Å². The quantitative estimate of drug-likeness (QED) is 0.623. The minimum Gasteiger partial charge on any atom is -0.462 e. The molecule has 0 fully saturated rings. The summed E-state index contributed by atoms with van der Waals surface area (Å²) in [6.07, 6.45) is -3.10. The molecule has 0 aliphatic heterocycles. The molecule has 0 aliphatic carbocycles. The third kappa shape index (κ3) is 3.76. The summed E-state index contributed by atoms with van der Waals surface area (Å²) in [4.78, 5) is 15.9. The standard InChI is InChI=1S/C16H17F3N2O3/c1-2-24-15(23)11-9-21-14-10(13(11)20-7-4-8-22)5-3-6-12(14)16(17,18)19/h3,5-6,9,22H,2,4,7-8H2,1H3,(H,20,21). The zero-order valence-corrected chi connectivity index (χ0v) is 13.0. The number of aliphatic hydroxyl groups excluding tert-OH is 1. The normalized spacial score (nSPS) is 11.5.